The lowest BCUT2D eigenvalue weighted by Gasteiger charge is -2.20. The van der Waals surface area contributed by atoms with Crippen LogP contribution in [-0.4, -0.2) is 19.8 Å². The number of nitrogens with one attached hydrogen (secondary N) is 1. The van der Waals surface area contributed by atoms with Crippen LogP contribution < -0.4 is 5.32 Å². The van der Waals surface area contributed by atoms with E-state index in [1.54, 1.807) is 20.1 Å². The Morgan fingerprint density at radius 3 is 2.61 bits per heavy atom. The molecule has 0 saturated carbocycles. The molecule has 0 fully saturated rings. The van der Waals surface area contributed by atoms with Crippen LogP contribution in [0, 0.1) is 12.7 Å². The maximum absolute atomic E-state index is 13.6. The van der Waals surface area contributed by atoms with Gasteiger partial charge in [-0.3, -0.25) is 0 Å². The number of rotatable bonds is 7. The highest BCUT2D eigenvalue weighted by atomic mass is 19.1. The Morgan fingerprint density at radius 1 is 1.33 bits per heavy atom. The molecular weight excluding hydrogens is 229 g/mol. The van der Waals surface area contributed by atoms with Gasteiger partial charge < -0.3 is 10.1 Å². The molecule has 0 spiro atoms. The number of methoxy groups -OCH3 is 1. The quantitative estimate of drug-likeness (QED) is 0.801. The average molecular weight is 253 g/mol. The van der Waals surface area contributed by atoms with E-state index in [4.69, 9.17) is 4.74 Å². The van der Waals surface area contributed by atoms with Crippen LogP contribution in [0.2, 0.25) is 0 Å². The minimum Gasteiger partial charge on any atom is -0.382 e. The Hall–Kier alpha value is -0.930. The lowest BCUT2D eigenvalue weighted by Crippen LogP contribution is -2.22. The first-order valence-electron chi connectivity index (χ1n) is 6.60. The first-order chi connectivity index (χ1) is 8.58. The zero-order valence-electron chi connectivity index (χ0n) is 11.8. The number of ether oxygens (including phenoxy) is 1. The molecule has 102 valence electrons. The molecule has 1 aromatic carbocycles. The summed E-state index contributed by atoms with van der Waals surface area (Å²) >= 11 is 0. The Kier molecular flexibility index (Phi) is 6.30. The Balaban J connectivity index is 2.73. The standard InChI is InChI=1S/C15H24FNO/c1-5-17-15(9-7-12(3)18-4)13-8-6-11(2)14(16)10-13/h6,8,10,12,15,17H,5,7,9H2,1-4H3. The van der Waals surface area contributed by atoms with Crippen molar-refractivity contribution in [2.45, 2.75) is 45.8 Å². The molecule has 0 aliphatic heterocycles. The van der Waals surface area contributed by atoms with Crippen LogP contribution in [0.1, 0.15) is 43.9 Å². The normalized spacial score (nSPS) is 14.5. The summed E-state index contributed by atoms with van der Waals surface area (Å²) in [6.45, 7) is 6.78. The van der Waals surface area contributed by atoms with Crippen molar-refractivity contribution in [3.05, 3.63) is 35.1 Å². The molecule has 18 heavy (non-hydrogen) atoms. The monoisotopic (exact) mass is 253 g/mol. The smallest absolute Gasteiger partial charge is 0.126 e. The molecule has 0 radical (unpaired) electrons. The molecule has 2 unspecified atom stereocenters. The van der Waals surface area contributed by atoms with Gasteiger partial charge in [-0.1, -0.05) is 19.1 Å². The van der Waals surface area contributed by atoms with Gasteiger partial charge in [0.05, 0.1) is 6.10 Å². The summed E-state index contributed by atoms with van der Waals surface area (Å²) in [5, 5.41) is 3.40. The molecule has 0 bridgehead atoms. The average Bonchev–Trinajstić information content (AvgIpc) is 2.37. The van der Waals surface area contributed by atoms with Crippen molar-refractivity contribution < 1.29 is 9.13 Å². The van der Waals surface area contributed by atoms with E-state index in [0.717, 1.165) is 24.9 Å². The molecule has 1 N–H and O–H groups in total. The van der Waals surface area contributed by atoms with Crippen LogP contribution in [0.25, 0.3) is 0 Å². The summed E-state index contributed by atoms with van der Waals surface area (Å²) in [5.41, 5.74) is 1.71. The summed E-state index contributed by atoms with van der Waals surface area (Å²) in [6, 6.07) is 5.68. The zero-order valence-corrected chi connectivity index (χ0v) is 11.8. The Morgan fingerprint density at radius 2 is 2.06 bits per heavy atom. The third kappa shape index (κ3) is 4.39. The molecule has 1 aromatic rings. The van der Waals surface area contributed by atoms with E-state index in [-0.39, 0.29) is 18.0 Å². The fourth-order valence-electron chi connectivity index (χ4n) is 1.98. The summed E-state index contributed by atoms with van der Waals surface area (Å²) < 4.78 is 18.8. The van der Waals surface area contributed by atoms with Crippen molar-refractivity contribution >= 4 is 0 Å². The Bertz CT molecular complexity index is 368. The van der Waals surface area contributed by atoms with Gasteiger partial charge in [-0.05, 0) is 50.4 Å². The van der Waals surface area contributed by atoms with E-state index in [9.17, 15) is 4.39 Å². The lowest BCUT2D eigenvalue weighted by molar-refractivity contribution is 0.106. The zero-order chi connectivity index (χ0) is 13.5. The van der Waals surface area contributed by atoms with E-state index in [1.165, 1.54) is 0 Å². The van der Waals surface area contributed by atoms with E-state index in [2.05, 4.69) is 19.2 Å². The van der Waals surface area contributed by atoms with Crippen LogP contribution >= 0.6 is 0 Å². The van der Waals surface area contributed by atoms with Crippen LogP contribution in [0.4, 0.5) is 4.39 Å². The molecule has 0 aliphatic rings. The van der Waals surface area contributed by atoms with E-state index in [1.807, 2.05) is 12.1 Å². The van der Waals surface area contributed by atoms with Crippen molar-refractivity contribution in [2.75, 3.05) is 13.7 Å². The number of hydrogen-bond donors (Lipinski definition) is 1. The maximum atomic E-state index is 13.6. The lowest BCUT2D eigenvalue weighted by atomic mass is 9.99. The van der Waals surface area contributed by atoms with Gasteiger partial charge in [0.15, 0.2) is 0 Å². The number of aryl methyl sites for hydroxylation is 1. The molecule has 0 aliphatic carbocycles. The molecule has 2 atom stereocenters. The molecule has 0 saturated heterocycles. The van der Waals surface area contributed by atoms with Crippen molar-refractivity contribution in [3.63, 3.8) is 0 Å². The van der Waals surface area contributed by atoms with Gasteiger partial charge in [0, 0.05) is 13.2 Å². The first-order valence-corrected chi connectivity index (χ1v) is 6.60. The van der Waals surface area contributed by atoms with Crippen molar-refractivity contribution in [1.82, 2.24) is 5.32 Å². The predicted molar refractivity (Wildman–Crippen MR) is 73.3 cm³/mol. The molecule has 2 nitrogen and oxygen atoms in total. The molecular formula is C15H24FNO. The summed E-state index contributed by atoms with van der Waals surface area (Å²) in [6.07, 6.45) is 2.15. The van der Waals surface area contributed by atoms with Gasteiger partial charge in [0.25, 0.3) is 0 Å². The summed E-state index contributed by atoms with van der Waals surface area (Å²) in [7, 11) is 1.72. The topological polar surface area (TPSA) is 21.3 Å². The minimum atomic E-state index is -0.129. The van der Waals surface area contributed by atoms with Crippen LogP contribution in [0.3, 0.4) is 0 Å². The minimum absolute atomic E-state index is 0.129. The highest BCUT2D eigenvalue weighted by Crippen LogP contribution is 2.22. The van der Waals surface area contributed by atoms with Crippen molar-refractivity contribution in [1.29, 1.82) is 0 Å². The van der Waals surface area contributed by atoms with Gasteiger partial charge in [-0.2, -0.15) is 0 Å². The second kappa shape index (κ2) is 7.49. The van der Waals surface area contributed by atoms with E-state index in [0.29, 0.717) is 5.56 Å². The highest BCUT2D eigenvalue weighted by molar-refractivity contribution is 5.25. The highest BCUT2D eigenvalue weighted by Gasteiger charge is 2.13. The first kappa shape index (κ1) is 15.1. The van der Waals surface area contributed by atoms with E-state index < -0.39 is 0 Å². The molecule has 3 heteroatoms. The SMILES string of the molecule is CCNC(CCC(C)OC)c1ccc(C)c(F)c1. The maximum Gasteiger partial charge on any atom is 0.126 e. The largest absolute Gasteiger partial charge is 0.382 e. The third-order valence-electron chi connectivity index (χ3n) is 3.31. The summed E-state index contributed by atoms with van der Waals surface area (Å²) in [4.78, 5) is 0. The number of benzene rings is 1. The second-order valence-corrected chi connectivity index (χ2v) is 4.74. The number of hydrogen-bond acceptors (Lipinski definition) is 2. The van der Waals surface area contributed by atoms with Gasteiger partial charge in [-0.25, -0.2) is 4.39 Å². The van der Waals surface area contributed by atoms with Crippen molar-refractivity contribution in [2.24, 2.45) is 0 Å². The molecule has 0 aromatic heterocycles. The molecule has 1 rings (SSSR count). The van der Waals surface area contributed by atoms with Gasteiger partial charge >= 0.3 is 0 Å². The number of halogens is 1. The van der Waals surface area contributed by atoms with Crippen LogP contribution in [0.15, 0.2) is 18.2 Å². The molecule has 0 amide bonds. The van der Waals surface area contributed by atoms with Gasteiger partial charge in [0.1, 0.15) is 5.82 Å². The Labute approximate surface area is 110 Å². The van der Waals surface area contributed by atoms with Crippen molar-refractivity contribution in [3.8, 4) is 0 Å². The third-order valence-corrected chi connectivity index (χ3v) is 3.31. The fourth-order valence-corrected chi connectivity index (χ4v) is 1.98. The van der Waals surface area contributed by atoms with Gasteiger partial charge in [0.2, 0.25) is 0 Å². The predicted octanol–water partition coefficient (Wildman–Crippen LogP) is 3.60. The second-order valence-electron chi connectivity index (χ2n) is 4.74. The van der Waals surface area contributed by atoms with Gasteiger partial charge in [-0.15, -0.1) is 0 Å². The van der Waals surface area contributed by atoms with E-state index >= 15 is 0 Å². The van der Waals surface area contributed by atoms with Crippen LogP contribution in [0.5, 0.6) is 0 Å². The fraction of sp³-hybridized carbons (Fsp3) is 0.600. The summed E-state index contributed by atoms with van der Waals surface area (Å²) in [5.74, 6) is -0.129. The van der Waals surface area contributed by atoms with Crippen LogP contribution in [-0.2, 0) is 4.74 Å². The molecule has 0 heterocycles.